The van der Waals surface area contributed by atoms with Crippen LogP contribution >= 0.6 is 11.8 Å². The van der Waals surface area contributed by atoms with Crippen molar-refractivity contribution in [2.75, 3.05) is 25.6 Å². The molecule has 0 spiro atoms. The first-order valence-corrected chi connectivity index (χ1v) is 6.56. The second-order valence-electron chi connectivity index (χ2n) is 3.59. The predicted molar refractivity (Wildman–Crippen MR) is 66.1 cm³/mol. The Hall–Kier alpha value is -0.540. The van der Waals surface area contributed by atoms with E-state index in [9.17, 15) is 4.39 Å². The van der Waals surface area contributed by atoms with Gasteiger partial charge in [-0.25, -0.2) is 4.39 Å². The van der Waals surface area contributed by atoms with Gasteiger partial charge in [0.1, 0.15) is 5.82 Å². The Kier molecular flexibility index (Phi) is 5.73. The van der Waals surface area contributed by atoms with E-state index in [1.54, 1.807) is 0 Å². The third-order valence-corrected chi connectivity index (χ3v) is 3.11. The van der Waals surface area contributed by atoms with E-state index in [2.05, 4.69) is 11.6 Å². The van der Waals surface area contributed by atoms with Crippen LogP contribution in [0.1, 0.15) is 17.9 Å². The second kappa shape index (κ2) is 6.85. The average molecular weight is 227 g/mol. The summed E-state index contributed by atoms with van der Waals surface area (Å²) in [6, 6.07) is 6.85. The molecular weight excluding hydrogens is 209 g/mol. The highest BCUT2D eigenvalue weighted by Gasteiger charge is 2.09. The van der Waals surface area contributed by atoms with E-state index in [0.717, 1.165) is 18.7 Å². The standard InChI is InChI=1S/C12H18FNS/c1-14-9-11(7-8-15-2)10-3-5-12(13)6-4-10/h3-6,11,14H,7-9H2,1-2H3. The molecule has 3 heteroatoms. The lowest BCUT2D eigenvalue weighted by molar-refractivity contribution is 0.605. The van der Waals surface area contributed by atoms with Crippen molar-refractivity contribution in [3.05, 3.63) is 35.6 Å². The van der Waals surface area contributed by atoms with Gasteiger partial charge in [-0.1, -0.05) is 12.1 Å². The zero-order valence-corrected chi connectivity index (χ0v) is 10.1. The summed E-state index contributed by atoms with van der Waals surface area (Å²) in [6.45, 7) is 0.951. The molecule has 0 aliphatic carbocycles. The predicted octanol–water partition coefficient (Wildman–Crippen LogP) is 2.88. The SMILES string of the molecule is CNCC(CCSC)c1ccc(F)cc1. The van der Waals surface area contributed by atoms with Crippen molar-refractivity contribution >= 4 is 11.8 Å². The third kappa shape index (κ3) is 4.22. The minimum absolute atomic E-state index is 0.160. The maximum absolute atomic E-state index is 12.8. The number of thioether (sulfide) groups is 1. The van der Waals surface area contributed by atoms with E-state index in [0.29, 0.717) is 5.92 Å². The number of likely N-dealkylation sites (N-methyl/N-ethyl adjacent to an activating group) is 1. The van der Waals surface area contributed by atoms with Gasteiger partial charge in [-0.05, 0) is 49.1 Å². The van der Waals surface area contributed by atoms with Gasteiger partial charge in [-0.3, -0.25) is 0 Å². The number of halogens is 1. The Morgan fingerprint density at radius 2 is 2.00 bits per heavy atom. The molecule has 0 saturated carbocycles. The van der Waals surface area contributed by atoms with Crippen molar-refractivity contribution in [3.8, 4) is 0 Å². The van der Waals surface area contributed by atoms with Crippen LogP contribution in [0.15, 0.2) is 24.3 Å². The number of nitrogens with one attached hydrogen (secondary N) is 1. The first kappa shape index (κ1) is 12.5. The van der Waals surface area contributed by atoms with Crippen LogP contribution in [-0.4, -0.2) is 25.6 Å². The summed E-state index contributed by atoms with van der Waals surface area (Å²) >= 11 is 1.85. The van der Waals surface area contributed by atoms with E-state index >= 15 is 0 Å². The summed E-state index contributed by atoms with van der Waals surface area (Å²) in [5.41, 5.74) is 1.22. The molecule has 0 radical (unpaired) electrons. The maximum Gasteiger partial charge on any atom is 0.123 e. The molecule has 0 aliphatic heterocycles. The number of hydrogen-bond donors (Lipinski definition) is 1. The topological polar surface area (TPSA) is 12.0 Å². The highest BCUT2D eigenvalue weighted by atomic mass is 32.2. The number of hydrogen-bond acceptors (Lipinski definition) is 2. The van der Waals surface area contributed by atoms with Crippen LogP contribution in [0.3, 0.4) is 0 Å². The van der Waals surface area contributed by atoms with Crippen molar-refractivity contribution in [2.45, 2.75) is 12.3 Å². The molecule has 1 aromatic rings. The fourth-order valence-electron chi connectivity index (χ4n) is 1.63. The Bertz CT molecular complexity index is 273. The van der Waals surface area contributed by atoms with Gasteiger partial charge in [0.15, 0.2) is 0 Å². The monoisotopic (exact) mass is 227 g/mol. The lowest BCUT2D eigenvalue weighted by Crippen LogP contribution is -2.17. The molecule has 84 valence electrons. The summed E-state index contributed by atoms with van der Waals surface area (Å²) in [7, 11) is 1.95. The van der Waals surface area contributed by atoms with Crippen LogP contribution in [0.5, 0.6) is 0 Å². The highest BCUT2D eigenvalue weighted by Crippen LogP contribution is 2.20. The van der Waals surface area contributed by atoms with E-state index < -0.39 is 0 Å². The van der Waals surface area contributed by atoms with Crippen molar-refractivity contribution in [1.82, 2.24) is 5.32 Å². The molecule has 1 N–H and O–H groups in total. The summed E-state index contributed by atoms with van der Waals surface area (Å²) < 4.78 is 12.8. The number of benzene rings is 1. The Balaban J connectivity index is 2.65. The Morgan fingerprint density at radius 1 is 1.33 bits per heavy atom. The maximum atomic E-state index is 12.8. The summed E-state index contributed by atoms with van der Waals surface area (Å²) in [6.07, 6.45) is 3.24. The third-order valence-electron chi connectivity index (χ3n) is 2.46. The molecule has 0 aromatic heterocycles. The molecule has 1 aromatic carbocycles. The van der Waals surface area contributed by atoms with Gasteiger partial charge < -0.3 is 5.32 Å². The van der Waals surface area contributed by atoms with Crippen LogP contribution in [0.25, 0.3) is 0 Å². The van der Waals surface area contributed by atoms with Crippen molar-refractivity contribution < 1.29 is 4.39 Å². The van der Waals surface area contributed by atoms with Crippen molar-refractivity contribution in [3.63, 3.8) is 0 Å². The van der Waals surface area contributed by atoms with Crippen LogP contribution < -0.4 is 5.32 Å². The van der Waals surface area contributed by atoms with Crippen LogP contribution in [0.4, 0.5) is 4.39 Å². The van der Waals surface area contributed by atoms with Gasteiger partial charge >= 0.3 is 0 Å². The zero-order valence-electron chi connectivity index (χ0n) is 9.29. The first-order chi connectivity index (χ1) is 7.27. The van der Waals surface area contributed by atoms with Gasteiger partial charge in [0.05, 0.1) is 0 Å². The van der Waals surface area contributed by atoms with Crippen LogP contribution in [0.2, 0.25) is 0 Å². The van der Waals surface area contributed by atoms with E-state index in [1.807, 2.05) is 30.9 Å². The molecule has 0 amide bonds. The van der Waals surface area contributed by atoms with Crippen LogP contribution in [-0.2, 0) is 0 Å². The van der Waals surface area contributed by atoms with Gasteiger partial charge in [0.2, 0.25) is 0 Å². The normalized spacial score (nSPS) is 12.7. The summed E-state index contributed by atoms with van der Waals surface area (Å²) in [4.78, 5) is 0. The lowest BCUT2D eigenvalue weighted by atomic mass is 9.96. The Morgan fingerprint density at radius 3 is 2.53 bits per heavy atom. The largest absolute Gasteiger partial charge is 0.319 e. The minimum Gasteiger partial charge on any atom is -0.319 e. The fourth-order valence-corrected chi connectivity index (χ4v) is 2.15. The average Bonchev–Trinajstić information content (AvgIpc) is 2.25. The molecule has 1 unspecified atom stereocenters. The lowest BCUT2D eigenvalue weighted by Gasteiger charge is -2.16. The molecule has 1 rings (SSSR count). The van der Waals surface area contributed by atoms with E-state index in [-0.39, 0.29) is 5.82 Å². The highest BCUT2D eigenvalue weighted by molar-refractivity contribution is 7.98. The second-order valence-corrected chi connectivity index (χ2v) is 4.57. The first-order valence-electron chi connectivity index (χ1n) is 5.17. The molecule has 0 heterocycles. The molecular formula is C12H18FNS. The number of rotatable bonds is 6. The summed E-state index contributed by atoms with van der Waals surface area (Å²) in [5, 5.41) is 3.19. The molecule has 15 heavy (non-hydrogen) atoms. The van der Waals surface area contributed by atoms with Gasteiger partial charge in [0.25, 0.3) is 0 Å². The zero-order chi connectivity index (χ0) is 11.1. The van der Waals surface area contributed by atoms with Gasteiger partial charge in [-0.15, -0.1) is 0 Å². The molecule has 1 atom stereocenters. The minimum atomic E-state index is -0.160. The van der Waals surface area contributed by atoms with Crippen molar-refractivity contribution in [1.29, 1.82) is 0 Å². The molecule has 0 bridgehead atoms. The molecule has 0 saturated heterocycles. The van der Waals surface area contributed by atoms with Crippen LogP contribution in [0, 0.1) is 5.82 Å². The fraction of sp³-hybridized carbons (Fsp3) is 0.500. The quantitative estimate of drug-likeness (QED) is 0.802. The van der Waals surface area contributed by atoms with Crippen molar-refractivity contribution in [2.24, 2.45) is 0 Å². The van der Waals surface area contributed by atoms with Gasteiger partial charge in [0, 0.05) is 6.54 Å². The smallest absolute Gasteiger partial charge is 0.123 e. The molecule has 1 nitrogen and oxygen atoms in total. The summed E-state index contributed by atoms with van der Waals surface area (Å²) in [5.74, 6) is 1.47. The van der Waals surface area contributed by atoms with E-state index in [1.165, 1.54) is 17.7 Å². The Labute approximate surface area is 95.5 Å². The van der Waals surface area contributed by atoms with Gasteiger partial charge in [-0.2, -0.15) is 11.8 Å². The van der Waals surface area contributed by atoms with E-state index in [4.69, 9.17) is 0 Å². The molecule has 0 fully saturated rings. The molecule has 0 aliphatic rings.